The molecule has 0 heterocycles. The quantitative estimate of drug-likeness (QED) is 0.772. The third-order valence-electron chi connectivity index (χ3n) is 4.45. The van der Waals surface area contributed by atoms with Gasteiger partial charge in [-0.15, -0.1) is 0 Å². The van der Waals surface area contributed by atoms with Crippen molar-refractivity contribution in [3.05, 3.63) is 0 Å². The lowest BCUT2D eigenvalue weighted by Gasteiger charge is -2.60. The van der Waals surface area contributed by atoms with Crippen molar-refractivity contribution < 1.29 is 9.90 Å². The van der Waals surface area contributed by atoms with Gasteiger partial charge in [-0.1, -0.05) is 20.8 Å². The zero-order valence-corrected chi connectivity index (χ0v) is 10.5. The van der Waals surface area contributed by atoms with E-state index < -0.39 is 0 Å². The Morgan fingerprint density at radius 2 is 1.93 bits per heavy atom. The van der Waals surface area contributed by atoms with Gasteiger partial charge in [0.2, 0.25) is 5.91 Å². The molecule has 1 rings (SSSR count). The van der Waals surface area contributed by atoms with Gasteiger partial charge >= 0.3 is 0 Å². The molecule has 0 aromatic rings. The van der Waals surface area contributed by atoms with E-state index >= 15 is 0 Å². The van der Waals surface area contributed by atoms with Gasteiger partial charge in [-0.3, -0.25) is 4.79 Å². The van der Waals surface area contributed by atoms with Crippen molar-refractivity contribution in [2.24, 2.45) is 16.7 Å². The van der Waals surface area contributed by atoms with Gasteiger partial charge in [0.15, 0.2) is 0 Å². The zero-order valence-electron chi connectivity index (χ0n) is 10.5. The number of hydrogen-bond donors (Lipinski definition) is 1. The Morgan fingerprint density at radius 3 is 2.27 bits per heavy atom. The molecule has 1 aliphatic rings. The number of carbonyl (C=O) groups is 1. The van der Waals surface area contributed by atoms with Crippen LogP contribution in [0.4, 0.5) is 0 Å². The molecule has 15 heavy (non-hydrogen) atoms. The first-order valence-electron chi connectivity index (χ1n) is 5.55. The summed E-state index contributed by atoms with van der Waals surface area (Å²) >= 11 is 0. The molecule has 0 bridgehead atoms. The summed E-state index contributed by atoms with van der Waals surface area (Å²) in [5.74, 6) is 0.488. The van der Waals surface area contributed by atoms with Gasteiger partial charge < -0.3 is 10.0 Å². The Morgan fingerprint density at radius 1 is 1.40 bits per heavy atom. The van der Waals surface area contributed by atoms with E-state index in [1.54, 1.807) is 19.0 Å². The molecule has 1 unspecified atom stereocenters. The maximum Gasteiger partial charge on any atom is 0.222 e. The van der Waals surface area contributed by atoms with E-state index in [9.17, 15) is 9.90 Å². The highest BCUT2D eigenvalue weighted by atomic mass is 16.3. The van der Waals surface area contributed by atoms with Gasteiger partial charge in [0.1, 0.15) is 0 Å². The van der Waals surface area contributed by atoms with E-state index in [-0.39, 0.29) is 23.3 Å². The van der Waals surface area contributed by atoms with Crippen LogP contribution in [0.2, 0.25) is 0 Å². The minimum atomic E-state index is -0.0985. The van der Waals surface area contributed by atoms with Crippen LogP contribution in [-0.4, -0.2) is 36.6 Å². The fourth-order valence-electron chi connectivity index (χ4n) is 2.53. The van der Waals surface area contributed by atoms with Crippen molar-refractivity contribution >= 4 is 5.91 Å². The second-order valence-corrected chi connectivity index (χ2v) is 5.85. The molecule has 1 amide bonds. The second kappa shape index (κ2) is 3.78. The van der Waals surface area contributed by atoms with Gasteiger partial charge in [0, 0.05) is 27.1 Å². The highest BCUT2D eigenvalue weighted by molar-refractivity contribution is 5.76. The van der Waals surface area contributed by atoms with Crippen LogP contribution in [0.25, 0.3) is 0 Å². The Kier molecular flexibility index (Phi) is 3.15. The van der Waals surface area contributed by atoms with E-state index in [1.165, 1.54) is 0 Å². The van der Waals surface area contributed by atoms with Gasteiger partial charge in [0.25, 0.3) is 0 Å². The van der Waals surface area contributed by atoms with E-state index in [0.29, 0.717) is 12.3 Å². The summed E-state index contributed by atoms with van der Waals surface area (Å²) in [6.07, 6.45) is 1.59. The van der Waals surface area contributed by atoms with Crippen LogP contribution in [0.5, 0.6) is 0 Å². The van der Waals surface area contributed by atoms with Crippen molar-refractivity contribution in [1.82, 2.24) is 4.90 Å². The molecule has 1 aliphatic carbocycles. The molecule has 0 aliphatic heterocycles. The van der Waals surface area contributed by atoms with Crippen molar-refractivity contribution in [2.45, 2.75) is 33.6 Å². The third-order valence-corrected chi connectivity index (χ3v) is 4.45. The first-order valence-corrected chi connectivity index (χ1v) is 5.55. The molecular weight excluding hydrogens is 190 g/mol. The number of carbonyl (C=O) groups excluding carboxylic acids is 1. The molecule has 1 saturated carbocycles. The largest absolute Gasteiger partial charge is 0.396 e. The number of aliphatic hydroxyl groups excluding tert-OH is 1. The Hall–Kier alpha value is -0.570. The molecule has 0 saturated heterocycles. The molecule has 0 aromatic heterocycles. The fourth-order valence-corrected chi connectivity index (χ4v) is 2.53. The lowest BCUT2D eigenvalue weighted by Crippen LogP contribution is -2.56. The van der Waals surface area contributed by atoms with Crippen LogP contribution in [0.1, 0.15) is 33.6 Å². The second-order valence-electron chi connectivity index (χ2n) is 5.85. The maximum absolute atomic E-state index is 11.6. The van der Waals surface area contributed by atoms with E-state index in [2.05, 4.69) is 20.8 Å². The summed E-state index contributed by atoms with van der Waals surface area (Å²) in [7, 11) is 3.56. The lowest BCUT2D eigenvalue weighted by atomic mass is 9.45. The molecule has 1 N–H and O–H groups in total. The predicted octanol–water partition coefficient (Wildman–Crippen LogP) is 1.51. The Bertz CT molecular complexity index is 260. The Labute approximate surface area is 92.5 Å². The normalized spacial score (nSPS) is 33.3. The minimum absolute atomic E-state index is 0.0985. The van der Waals surface area contributed by atoms with E-state index in [4.69, 9.17) is 0 Å². The summed E-state index contributed by atoms with van der Waals surface area (Å²) in [6, 6.07) is 0. The molecular formula is C12H23NO2. The first-order chi connectivity index (χ1) is 6.74. The third kappa shape index (κ3) is 1.89. The van der Waals surface area contributed by atoms with Crippen LogP contribution >= 0.6 is 0 Å². The number of nitrogens with zero attached hydrogens (tertiary/aromatic N) is 1. The maximum atomic E-state index is 11.6. The van der Waals surface area contributed by atoms with Gasteiger partial charge in [-0.25, -0.2) is 0 Å². The van der Waals surface area contributed by atoms with Crippen LogP contribution < -0.4 is 0 Å². The first kappa shape index (κ1) is 12.5. The SMILES string of the molecule is CN(C)C(=O)CC1CC(C)(C)[C@@]1(C)CO. The topological polar surface area (TPSA) is 40.5 Å². The average molecular weight is 213 g/mol. The zero-order chi connectivity index (χ0) is 11.9. The molecule has 0 radical (unpaired) electrons. The summed E-state index contributed by atoms with van der Waals surface area (Å²) < 4.78 is 0. The van der Waals surface area contributed by atoms with Gasteiger partial charge in [-0.2, -0.15) is 0 Å². The standard InChI is InChI=1S/C12H23NO2/c1-11(2)7-9(12(11,3)8-14)6-10(15)13(4)5/h9,14H,6-8H2,1-5H3/t9?,12-/m0/s1. The molecule has 1 fully saturated rings. The highest BCUT2D eigenvalue weighted by Gasteiger charge is 2.56. The summed E-state index contributed by atoms with van der Waals surface area (Å²) in [6.45, 7) is 6.59. The van der Waals surface area contributed by atoms with Crippen LogP contribution in [-0.2, 0) is 4.79 Å². The predicted molar refractivity (Wildman–Crippen MR) is 60.4 cm³/mol. The number of hydrogen-bond acceptors (Lipinski definition) is 2. The number of rotatable bonds is 3. The fraction of sp³-hybridized carbons (Fsp3) is 0.917. The highest BCUT2D eigenvalue weighted by Crippen LogP contribution is 2.61. The van der Waals surface area contributed by atoms with Crippen molar-refractivity contribution in [2.75, 3.05) is 20.7 Å². The van der Waals surface area contributed by atoms with Crippen molar-refractivity contribution in [3.8, 4) is 0 Å². The summed E-state index contributed by atoms with van der Waals surface area (Å²) in [5.41, 5.74) is 0.0533. The van der Waals surface area contributed by atoms with E-state index in [1.807, 2.05) is 0 Å². The van der Waals surface area contributed by atoms with Crippen LogP contribution in [0.3, 0.4) is 0 Å². The Balaban J connectivity index is 2.64. The lowest BCUT2D eigenvalue weighted by molar-refractivity contribution is -0.156. The average Bonchev–Trinajstić information content (AvgIpc) is 2.15. The minimum Gasteiger partial charge on any atom is -0.396 e. The monoisotopic (exact) mass is 213 g/mol. The van der Waals surface area contributed by atoms with Crippen LogP contribution in [0.15, 0.2) is 0 Å². The molecule has 2 atom stereocenters. The molecule has 0 spiro atoms. The van der Waals surface area contributed by atoms with E-state index in [0.717, 1.165) is 6.42 Å². The van der Waals surface area contributed by atoms with Crippen molar-refractivity contribution in [3.63, 3.8) is 0 Å². The van der Waals surface area contributed by atoms with Crippen molar-refractivity contribution in [1.29, 1.82) is 0 Å². The molecule has 3 nitrogen and oxygen atoms in total. The smallest absolute Gasteiger partial charge is 0.222 e. The summed E-state index contributed by atoms with van der Waals surface area (Å²) in [5, 5.41) is 9.48. The summed E-state index contributed by atoms with van der Waals surface area (Å²) in [4.78, 5) is 13.2. The van der Waals surface area contributed by atoms with Crippen LogP contribution in [0, 0.1) is 16.7 Å². The van der Waals surface area contributed by atoms with Gasteiger partial charge in [-0.05, 0) is 23.2 Å². The molecule has 3 heteroatoms. The number of aliphatic hydroxyl groups is 1. The van der Waals surface area contributed by atoms with Gasteiger partial charge in [0.05, 0.1) is 0 Å². The number of amides is 1. The molecule has 0 aromatic carbocycles. The molecule has 88 valence electrons.